The monoisotopic (exact) mass is 532 g/mol. The third-order valence-corrected chi connectivity index (χ3v) is 6.56. The number of aliphatic carboxylic acids is 1. The van der Waals surface area contributed by atoms with E-state index >= 15 is 0 Å². The molecule has 1 unspecified atom stereocenters. The van der Waals surface area contributed by atoms with Crippen molar-refractivity contribution in [3.8, 4) is 0 Å². The number of nitrogens with zero attached hydrogens (tertiary/aromatic N) is 3. The molecule has 14 heteroatoms. The normalized spacial score (nSPS) is 16.1. The summed E-state index contributed by atoms with van der Waals surface area (Å²) in [6, 6.07) is 9.80. The quantitative estimate of drug-likeness (QED) is 0.512. The second kappa shape index (κ2) is 11.5. The highest BCUT2D eigenvalue weighted by Crippen LogP contribution is 2.27. The van der Waals surface area contributed by atoms with Crippen LogP contribution in [0.4, 0.5) is 30.4 Å². The number of halogens is 3. The van der Waals surface area contributed by atoms with E-state index in [-0.39, 0.29) is 23.0 Å². The molecule has 2 aromatic rings. The number of benzene rings is 1. The maximum atomic E-state index is 11.8. The van der Waals surface area contributed by atoms with E-state index in [1.165, 1.54) is 24.8 Å². The summed E-state index contributed by atoms with van der Waals surface area (Å²) >= 11 is 0. The van der Waals surface area contributed by atoms with Crippen LogP contribution >= 0.6 is 0 Å². The van der Waals surface area contributed by atoms with E-state index in [0.717, 1.165) is 12.2 Å². The minimum Gasteiger partial charge on any atom is -0.478 e. The van der Waals surface area contributed by atoms with E-state index < -0.39 is 28.1 Å². The number of pyridine rings is 1. The smallest absolute Gasteiger partial charge is 0.478 e. The van der Waals surface area contributed by atoms with Gasteiger partial charge in [0.15, 0.2) is 0 Å². The van der Waals surface area contributed by atoms with E-state index in [0.29, 0.717) is 18.9 Å². The van der Waals surface area contributed by atoms with Crippen LogP contribution in [0.15, 0.2) is 36.5 Å². The van der Waals surface area contributed by atoms with Crippen LogP contribution in [0, 0.1) is 6.92 Å². The van der Waals surface area contributed by atoms with E-state index in [9.17, 15) is 31.5 Å². The summed E-state index contributed by atoms with van der Waals surface area (Å²) in [4.78, 5) is 29.2. The number of anilines is 3. The second-order valence-corrected chi connectivity index (χ2v) is 10.0. The Morgan fingerprint density at radius 1 is 1.19 bits per heavy atom. The lowest BCUT2D eigenvalue weighted by atomic mass is 10.1. The number of piperazine rings is 1. The number of alkyl halides is 3. The van der Waals surface area contributed by atoms with Gasteiger partial charge in [-0.25, -0.2) is 23.0 Å². The highest BCUT2D eigenvalue weighted by atomic mass is 32.2. The van der Waals surface area contributed by atoms with Crippen LogP contribution < -0.4 is 14.5 Å². The summed E-state index contributed by atoms with van der Waals surface area (Å²) in [6.45, 7) is 7.63. The number of nitrogens with one attached hydrogen (secondary N) is 1. The lowest BCUT2D eigenvalue weighted by Crippen LogP contribution is -2.52. The average molecular weight is 533 g/mol. The lowest BCUT2D eigenvalue weighted by molar-refractivity contribution is -0.192. The fraction of sp³-hybridized carbons (Fsp3) is 0.409. The van der Waals surface area contributed by atoms with E-state index in [2.05, 4.69) is 46.7 Å². The van der Waals surface area contributed by atoms with Gasteiger partial charge >= 0.3 is 18.1 Å². The van der Waals surface area contributed by atoms with E-state index in [4.69, 9.17) is 9.90 Å². The van der Waals surface area contributed by atoms with Crippen molar-refractivity contribution in [1.82, 2.24) is 4.98 Å². The molecule has 36 heavy (non-hydrogen) atoms. The molecule has 1 saturated heterocycles. The molecule has 1 aromatic carbocycles. The minimum atomic E-state index is -5.08. The molecule has 3 N–H and O–H groups in total. The molecule has 1 atom stereocenters. The van der Waals surface area contributed by atoms with Crippen LogP contribution in [-0.2, 0) is 14.8 Å². The number of hydrogen-bond acceptors (Lipinski definition) is 7. The molecule has 1 aliphatic rings. The zero-order valence-corrected chi connectivity index (χ0v) is 20.6. The Morgan fingerprint density at radius 3 is 2.33 bits per heavy atom. The number of carboxylic acid groups (broad SMARTS) is 2. The van der Waals surface area contributed by atoms with Crippen LogP contribution in [0.5, 0.6) is 0 Å². The summed E-state index contributed by atoms with van der Waals surface area (Å²) in [6.07, 6.45) is -3.72. The van der Waals surface area contributed by atoms with Crippen molar-refractivity contribution in [2.75, 3.05) is 39.9 Å². The Labute approximate surface area is 206 Å². The number of sulfonamides is 1. The van der Waals surface area contributed by atoms with Gasteiger partial charge in [-0.2, -0.15) is 13.2 Å². The number of hydrogen-bond donors (Lipinski definition) is 3. The highest BCUT2D eigenvalue weighted by molar-refractivity contribution is 7.92. The van der Waals surface area contributed by atoms with Gasteiger partial charge in [-0.1, -0.05) is 12.1 Å². The van der Waals surface area contributed by atoms with Crippen LogP contribution in [0.3, 0.4) is 0 Å². The van der Waals surface area contributed by atoms with E-state index in [1.807, 2.05) is 11.0 Å². The molecule has 198 valence electrons. The molecule has 0 radical (unpaired) electrons. The number of carboxylic acids is 2. The first-order valence-corrected chi connectivity index (χ1v) is 12.4. The predicted molar refractivity (Wildman–Crippen MR) is 128 cm³/mol. The topological polar surface area (TPSA) is 140 Å². The van der Waals surface area contributed by atoms with Gasteiger partial charge in [0.1, 0.15) is 11.4 Å². The van der Waals surface area contributed by atoms with Crippen molar-refractivity contribution < 1.29 is 41.4 Å². The largest absolute Gasteiger partial charge is 0.490 e. The molecule has 10 nitrogen and oxygen atoms in total. The summed E-state index contributed by atoms with van der Waals surface area (Å²) in [5.41, 5.74) is 2.47. The number of rotatable bonds is 6. The van der Waals surface area contributed by atoms with Crippen molar-refractivity contribution in [1.29, 1.82) is 0 Å². The molecule has 0 bridgehead atoms. The summed E-state index contributed by atoms with van der Waals surface area (Å²) < 4.78 is 57.6. The fourth-order valence-corrected chi connectivity index (χ4v) is 4.13. The Morgan fingerprint density at radius 2 is 1.83 bits per heavy atom. The highest BCUT2D eigenvalue weighted by Gasteiger charge is 2.38. The van der Waals surface area contributed by atoms with Gasteiger partial charge < -0.3 is 20.0 Å². The first-order valence-electron chi connectivity index (χ1n) is 10.8. The van der Waals surface area contributed by atoms with Gasteiger partial charge in [-0.15, -0.1) is 0 Å². The summed E-state index contributed by atoms with van der Waals surface area (Å²) in [5, 5.41) is 16.8. The molecule has 0 aliphatic carbocycles. The molecule has 3 rings (SSSR count). The standard InChI is InChI=1S/C20H26N4O4S.C2HF3O2/c1-4-29(27,28)22-16-11-18(20(25)26)19(21-12-16)23-8-9-24(15(3)13-23)17-7-5-6-14(2)10-17;3-2(4,5)1(6)7/h5-7,10-12,15,22H,4,8-9,13H2,1-3H3,(H,25,26);(H,6,7). The van der Waals surface area contributed by atoms with Crippen molar-refractivity contribution >= 4 is 39.2 Å². The second-order valence-electron chi connectivity index (χ2n) is 8.04. The lowest BCUT2D eigenvalue weighted by Gasteiger charge is -2.42. The van der Waals surface area contributed by atoms with E-state index in [1.54, 1.807) is 0 Å². The first kappa shape index (κ1) is 28.7. The summed E-state index contributed by atoms with van der Waals surface area (Å²) in [7, 11) is -3.51. The Hall–Kier alpha value is -3.55. The Kier molecular flexibility index (Phi) is 9.13. The number of aromatic carboxylic acids is 1. The number of carbonyl (C=O) groups is 2. The predicted octanol–water partition coefficient (Wildman–Crippen LogP) is 3.20. The maximum absolute atomic E-state index is 11.8. The molecule has 1 aromatic heterocycles. The van der Waals surface area contributed by atoms with Gasteiger partial charge in [0.25, 0.3) is 0 Å². The van der Waals surface area contributed by atoms with Gasteiger partial charge in [0.05, 0.1) is 17.6 Å². The zero-order chi connectivity index (χ0) is 27.3. The number of aryl methyl sites for hydroxylation is 1. The Bertz CT molecular complexity index is 1210. The third-order valence-electron chi connectivity index (χ3n) is 5.25. The van der Waals surface area contributed by atoms with Crippen molar-refractivity contribution in [3.05, 3.63) is 47.7 Å². The first-order chi connectivity index (χ1) is 16.6. The molecular weight excluding hydrogens is 505 g/mol. The van der Waals surface area contributed by atoms with Crippen LogP contribution in [0.1, 0.15) is 29.8 Å². The van der Waals surface area contributed by atoms with Crippen molar-refractivity contribution in [2.45, 2.75) is 33.0 Å². The van der Waals surface area contributed by atoms with Crippen LogP contribution in [-0.4, -0.2) is 73.2 Å². The molecule has 0 amide bonds. The third kappa shape index (κ3) is 7.73. The number of aromatic nitrogens is 1. The molecule has 1 fully saturated rings. The zero-order valence-electron chi connectivity index (χ0n) is 19.8. The van der Waals surface area contributed by atoms with Crippen molar-refractivity contribution in [2.24, 2.45) is 0 Å². The van der Waals surface area contributed by atoms with Gasteiger partial charge in [0, 0.05) is 31.4 Å². The minimum absolute atomic E-state index is 0.0162. The molecular formula is C22H27F3N4O6S. The van der Waals surface area contributed by atoms with Gasteiger partial charge in [-0.3, -0.25) is 4.72 Å². The Balaban J connectivity index is 0.000000572. The van der Waals surface area contributed by atoms with Gasteiger partial charge in [-0.05, 0) is 44.5 Å². The van der Waals surface area contributed by atoms with Gasteiger partial charge in [0.2, 0.25) is 10.0 Å². The van der Waals surface area contributed by atoms with Crippen LogP contribution in [0.2, 0.25) is 0 Å². The van der Waals surface area contributed by atoms with Crippen LogP contribution in [0.25, 0.3) is 0 Å². The molecule has 2 heterocycles. The molecule has 0 spiro atoms. The average Bonchev–Trinajstić information content (AvgIpc) is 2.78. The fourth-order valence-electron chi connectivity index (χ4n) is 3.51. The molecule has 0 saturated carbocycles. The SMILES string of the molecule is CCS(=O)(=O)Nc1cnc(N2CCN(c3cccc(C)c3)C(C)C2)c(C(=O)O)c1.O=C(O)C(F)(F)F. The maximum Gasteiger partial charge on any atom is 0.490 e. The molecule has 1 aliphatic heterocycles. The van der Waals surface area contributed by atoms with Crippen molar-refractivity contribution in [3.63, 3.8) is 0 Å². The summed E-state index contributed by atoms with van der Waals surface area (Å²) in [5.74, 6) is -3.64.